The summed E-state index contributed by atoms with van der Waals surface area (Å²) in [7, 11) is 0. The molecule has 0 bridgehead atoms. The number of benzene rings is 1. The smallest absolute Gasteiger partial charge is 0.258 e. The summed E-state index contributed by atoms with van der Waals surface area (Å²) in [6, 6.07) is 7.52. The molecule has 1 aliphatic heterocycles. The predicted molar refractivity (Wildman–Crippen MR) is 94.3 cm³/mol. The van der Waals surface area contributed by atoms with Crippen LogP contribution >= 0.6 is 0 Å². The van der Waals surface area contributed by atoms with Crippen molar-refractivity contribution in [3.8, 4) is 11.5 Å². The average Bonchev–Trinajstić information content (AvgIpc) is 3.24. The largest absolute Gasteiger partial charge is 0.454 e. The first-order valence-electron chi connectivity index (χ1n) is 8.48. The van der Waals surface area contributed by atoms with E-state index in [1.807, 2.05) is 39.0 Å². The number of carbonyl (C=O) groups is 1. The van der Waals surface area contributed by atoms with Crippen molar-refractivity contribution in [1.82, 2.24) is 15.0 Å². The first kappa shape index (κ1) is 16.4. The summed E-state index contributed by atoms with van der Waals surface area (Å²) in [5.41, 5.74) is 3.32. The lowest BCUT2D eigenvalue weighted by molar-refractivity contribution is 0.0754. The van der Waals surface area contributed by atoms with Crippen molar-refractivity contribution in [3.63, 3.8) is 0 Å². The van der Waals surface area contributed by atoms with E-state index in [4.69, 9.17) is 14.0 Å². The van der Waals surface area contributed by atoms with E-state index in [0.29, 0.717) is 41.2 Å². The standard InChI is InChI=1S/C19H19N3O4/c1-4-22(9-13-5-6-15-16(8-13)25-10-24-15)19(23)14-7-11(2)20-18-17(14)12(3)21-26-18/h5-8H,4,9-10H2,1-3H3. The number of amides is 1. The lowest BCUT2D eigenvalue weighted by Gasteiger charge is -2.21. The summed E-state index contributed by atoms with van der Waals surface area (Å²) in [6.45, 7) is 6.88. The highest BCUT2D eigenvalue weighted by atomic mass is 16.7. The van der Waals surface area contributed by atoms with Crippen LogP contribution in [0.2, 0.25) is 0 Å². The molecule has 0 unspecified atom stereocenters. The summed E-state index contributed by atoms with van der Waals surface area (Å²) in [4.78, 5) is 19.3. The zero-order chi connectivity index (χ0) is 18.3. The van der Waals surface area contributed by atoms with Crippen molar-refractivity contribution < 1.29 is 18.8 Å². The van der Waals surface area contributed by atoms with Crippen LogP contribution in [0.15, 0.2) is 28.8 Å². The van der Waals surface area contributed by atoms with E-state index >= 15 is 0 Å². The maximum absolute atomic E-state index is 13.2. The van der Waals surface area contributed by atoms with E-state index in [0.717, 1.165) is 17.0 Å². The number of hydrogen-bond acceptors (Lipinski definition) is 6. The Hall–Kier alpha value is -3.09. The van der Waals surface area contributed by atoms with E-state index in [1.54, 1.807) is 11.0 Å². The Kier molecular flexibility index (Phi) is 3.99. The Bertz CT molecular complexity index is 996. The minimum atomic E-state index is -0.0769. The fourth-order valence-electron chi connectivity index (χ4n) is 3.14. The molecule has 26 heavy (non-hydrogen) atoms. The van der Waals surface area contributed by atoms with E-state index < -0.39 is 0 Å². The summed E-state index contributed by atoms with van der Waals surface area (Å²) < 4.78 is 16.0. The molecule has 2 aromatic heterocycles. The topological polar surface area (TPSA) is 77.7 Å². The first-order chi connectivity index (χ1) is 12.6. The monoisotopic (exact) mass is 353 g/mol. The molecular formula is C19H19N3O4. The molecule has 0 fully saturated rings. The van der Waals surface area contributed by atoms with Crippen LogP contribution < -0.4 is 9.47 Å². The Morgan fingerprint density at radius 3 is 2.81 bits per heavy atom. The average molecular weight is 353 g/mol. The van der Waals surface area contributed by atoms with Crippen molar-refractivity contribution in [2.45, 2.75) is 27.3 Å². The van der Waals surface area contributed by atoms with E-state index in [-0.39, 0.29) is 12.7 Å². The minimum absolute atomic E-state index is 0.0769. The van der Waals surface area contributed by atoms with Gasteiger partial charge in [0.05, 0.1) is 16.6 Å². The van der Waals surface area contributed by atoms with Crippen molar-refractivity contribution in [1.29, 1.82) is 0 Å². The molecule has 1 aromatic carbocycles. The molecule has 3 aromatic rings. The van der Waals surface area contributed by atoms with Gasteiger partial charge in [0.1, 0.15) is 0 Å². The number of fused-ring (bicyclic) bond motifs is 2. The molecule has 0 spiro atoms. The van der Waals surface area contributed by atoms with Gasteiger partial charge in [0, 0.05) is 18.8 Å². The van der Waals surface area contributed by atoms with Gasteiger partial charge in [0.2, 0.25) is 6.79 Å². The Morgan fingerprint density at radius 1 is 1.19 bits per heavy atom. The molecule has 0 saturated heterocycles. The molecule has 1 amide bonds. The van der Waals surface area contributed by atoms with E-state index in [1.165, 1.54) is 0 Å². The van der Waals surface area contributed by atoms with Gasteiger partial charge < -0.3 is 18.9 Å². The van der Waals surface area contributed by atoms with Crippen molar-refractivity contribution in [3.05, 3.63) is 46.8 Å². The van der Waals surface area contributed by atoms with Gasteiger partial charge in [-0.15, -0.1) is 0 Å². The predicted octanol–water partition coefficient (Wildman–Crippen LogP) is 3.23. The van der Waals surface area contributed by atoms with E-state index in [2.05, 4.69) is 10.1 Å². The molecule has 0 N–H and O–H groups in total. The Labute approximate surface area is 150 Å². The number of ether oxygens (including phenoxy) is 2. The van der Waals surface area contributed by atoms with Crippen LogP contribution in [0, 0.1) is 13.8 Å². The highest BCUT2D eigenvalue weighted by Gasteiger charge is 2.22. The fraction of sp³-hybridized carbons (Fsp3) is 0.316. The summed E-state index contributed by atoms with van der Waals surface area (Å²) >= 11 is 0. The van der Waals surface area contributed by atoms with Gasteiger partial charge in [-0.25, -0.2) is 4.98 Å². The van der Waals surface area contributed by atoms with Crippen LogP contribution in [0.25, 0.3) is 11.1 Å². The zero-order valence-corrected chi connectivity index (χ0v) is 14.9. The molecule has 0 saturated carbocycles. The van der Waals surface area contributed by atoms with Crippen molar-refractivity contribution >= 4 is 17.0 Å². The molecule has 1 aliphatic rings. The number of hydrogen-bond donors (Lipinski definition) is 0. The third-order valence-corrected chi connectivity index (χ3v) is 4.45. The number of pyridine rings is 1. The highest BCUT2D eigenvalue weighted by molar-refractivity contribution is 6.06. The first-order valence-corrected chi connectivity index (χ1v) is 8.48. The third kappa shape index (κ3) is 2.75. The number of carbonyl (C=O) groups excluding carboxylic acids is 1. The fourth-order valence-corrected chi connectivity index (χ4v) is 3.14. The lowest BCUT2D eigenvalue weighted by atomic mass is 10.1. The van der Waals surface area contributed by atoms with Crippen LogP contribution in [-0.4, -0.2) is 34.3 Å². The Balaban J connectivity index is 1.67. The van der Waals surface area contributed by atoms with Gasteiger partial charge in [0.25, 0.3) is 11.6 Å². The molecule has 0 aliphatic carbocycles. The zero-order valence-electron chi connectivity index (χ0n) is 14.9. The van der Waals surface area contributed by atoms with Crippen LogP contribution in [0.1, 0.15) is 34.2 Å². The highest BCUT2D eigenvalue weighted by Crippen LogP contribution is 2.33. The van der Waals surface area contributed by atoms with Crippen LogP contribution in [0.5, 0.6) is 11.5 Å². The normalized spacial score (nSPS) is 12.6. The lowest BCUT2D eigenvalue weighted by Crippen LogP contribution is -2.30. The third-order valence-electron chi connectivity index (χ3n) is 4.45. The van der Waals surface area contributed by atoms with Gasteiger partial charge in [-0.3, -0.25) is 4.79 Å². The van der Waals surface area contributed by atoms with E-state index in [9.17, 15) is 4.79 Å². The van der Waals surface area contributed by atoms with Gasteiger partial charge in [-0.05, 0) is 44.5 Å². The van der Waals surface area contributed by atoms with Gasteiger partial charge in [-0.1, -0.05) is 11.2 Å². The molecule has 7 heteroatoms. The molecule has 7 nitrogen and oxygen atoms in total. The number of nitrogens with zero attached hydrogens (tertiary/aromatic N) is 3. The van der Waals surface area contributed by atoms with Crippen LogP contribution in [0.3, 0.4) is 0 Å². The molecule has 4 rings (SSSR count). The van der Waals surface area contributed by atoms with Gasteiger partial charge >= 0.3 is 0 Å². The van der Waals surface area contributed by atoms with Gasteiger partial charge in [-0.2, -0.15) is 0 Å². The SMILES string of the molecule is CCN(Cc1ccc2c(c1)OCO2)C(=O)c1cc(C)nc2onc(C)c12. The van der Waals surface area contributed by atoms with Crippen LogP contribution in [-0.2, 0) is 6.54 Å². The van der Waals surface area contributed by atoms with Crippen molar-refractivity contribution in [2.75, 3.05) is 13.3 Å². The van der Waals surface area contributed by atoms with Gasteiger partial charge in [0.15, 0.2) is 11.5 Å². The summed E-state index contributed by atoms with van der Waals surface area (Å²) in [5, 5.41) is 4.62. The molecular weight excluding hydrogens is 334 g/mol. The molecule has 0 atom stereocenters. The minimum Gasteiger partial charge on any atom is -0.454 e. The quantitative estimate of drug-likeness (QED) is 0.717. The number of aromatic nitrogens is 2. The second kappa shape index (κ2) is 6.33. The maximum atomic E-state index is 13.2. The second-order valence-electron chi connectivity index (χ2n) is 6.27. The molecule has 134 valence electrons. The Morgan fingerprint density at radius 2 is 2.00 bits per heavy atom. The second-order valence-corrected chi connectivity index (χ2v) is 6.27. The maximum Gasteiger partial charge on any atom is 0.258 e. The molecule has 3 heterocycles. The summed E-state index contributed by atoms with van der Waals surface area (Å²) in [5.74, 6) is 1.37. The number of rotatable bonds is 4. The summed E-state index contributed by atoms with van der Waals surface area (Å²) in [6.07, 6.45) is 0. The number of aryl methyl sites for hydroxylation is 2. The van der Waals surface area contributed by atoms with Crippen molar-refractivity contribution in [2.24, 2.45) is 0 Å². The van der Waals surface area contributed by atoms with Crippen LogP contribution in [0.4, 0.5) is 0 Å². The molecule has 0 radical (unpaired) electrons.